The molecule has 50 heavy (non-hydrogen) atoms. The van der Waals surface area contributed by atoms with Gasteiger partial charge in [0.1, 0.15) is 18.6 Å². The fourth-order valence-electron chi connectivity index (χ4n) is 5.88. The Morgan fingerprint density at radius 2 is 1.54 bits per heavy atom. The second-order valence-corrected chi connectivity index (χ2v) is 12.5. The lowest BCUT2D eigenvalue weighted by atomic mass is 10.0. The highest BCUT2D eigenvalue weighted by molar-refractivity contribution is 5.99. The van der Waals surface area contributed by atoms with Crippen molar-refractivity contribution in [2.75, 3.05) is 25.5 Å². The molecule has 5 N–H and O–H groups in total. The van der Waals surface area contributed by atoms with Gasteiger partial charge in [-0.2, -0.15) is 0 Å². The van der Waals surface area contributed by atoms with Crippen LogP contribution in [0.5, 0.6) is 0 Å². The van der Waals surface area contributed by atoms with Gasteiger partial charge in [-0.15, -0.1) is 0 Å². The molecule has 0 radical (unpaired) electrons. The Bertz CT molecular complexity index is 1970. The first-order valence-electron chi connectivity index (χ1n) is 16.3. The number of methoxy groups -OCH3 is 1. The Hall–Kier alpha value is -5.98. The number of aromatic nitrogens is 1. The molecule has 3 aromatic carbocycles. The number of rotatable bonds is 13. The van der Waals surface area contributed by atoms with Gasteiger partial charge in [0, 0.05) is 23.7 Å². The van der Waals surface area contributed by atoms with Gasteiger partial charge in [-0.05, 0) is 64.6 Å². The minimum absolute atomic E-state index is 0.0154. The Morgan fingerprint density at radius 1 is 0.780 bits per heavy atom. The summed E-state index contributed by atoms with van der Waals surface area (Å²) in [7, 11) is 1.17. The van der Waals surface area contributed by atoms with Crippen LogP contribution in [-0.4, -0.2) is 66.6 Å². The quantitative estimate of drug-likeness (QED) is 0.127. The summed E-state index contributed by atoms with van der Waals surface area (Å²) < 4.78 is 6.21. The van der Waals surface area contributed by atoms with E-state index < -0.39 is 48.4 Å². The molecule has 1 aliphatic heterocycles. The van der Waals surface area contributed by atoms with E-state index in [1.807, 2.05) is 74.5 Å². The monoisotopic (exact) mass is 680 g/mol. The minimum atomic E-state index is -1.06. The van der Waals surface area contributed by atoms with Gasteiger partial charge in [-0.3, -0.25) is 24.0 Å². The van der Waals surface area contributed by atoms with E-state index in [9.17, 15) is 28.8 Å². The molecule has 1 unspecified atom stereocenters. The summed E-state index contributed by atoms with van der Waals surface area (Å²) in [4.78, 5) is 76.0. The molecule has 13 nitrogen and oxygen atoms in total. The van der Waals surface area contributed by atoms with E-state index in [0.29, 0.717) is 12.2 Å². The van der Waals surface area contributed by atoms with Crippen LogP contribution in [0.25, 0.3) is 22.0 Å². The fraction of sp³-hybridized carbons (Fsp3) is 0.297. The largest absolute Gasteiger partial charge is 0.453 e. The van der Waals surface area contributed by atoms with Crippen molar-refractivity contribution in [2.24, 2.45) is 5.92 Å². The molecule has 13 heteroatoms. The SMILES string of the molecule is COC(=O)NCC(=O)N[C@@H](CC(C)C)C(=O)NC(Cc1ccccc1)C(=O)NCC(=O)Nc1ccc2cc3c(cc2c1)Cn1c-3cccc1=O. The maximum atomic E-state index is 13.4. The molecule has 0 spiro atoms. The summed E-state index contributed by atoms with van der Waals surface area (Å²) in [5.74, 6) is -2.22. The summed E-state index contributed by atoms with van der Waals surface area (Å²) in [5, 5.41) is 14.9. The lowest BCUT2D eigenvalue weighted by Gasteiger charge is -2.24. The van der Waals surface area contributed by atoms with Gasteiger partial charge in [0.15, 0.2) is 0 Å². The van der Waals surface area contributed by atoms with Gasteiger partial charge in [0.25, 0.3) is 5.56 Å². The summed E-state index contributed by atoms with van der Waals surface area (Å²) in [6.45, 7) is 3.49. The van der Waals surface area contributed by atoms with Crippen LogP contribution >= 0.6 is 0 Å². The number of fused-ring (bicyclic) bond motifs is 4. The van der Waals surface area contributed by atoms with Gasteiger partial charge >= 0.3 is 6.09 Å². The van der Waals surface area contributed by atoms with Crippen LogP contribution in [0.2, 0.25) is 0 Å². The van der Waals surface area contributed by atoms with Crippen molar-refractivity contribution in [3.63, 3.8) is 0 Å². The van der Waals surface area contributed by atoms with E-state index in [2.05, 4.69) is 31.3 Å². The number of ether oxygens (including phenoxy) is 1. The van der Waals surface area contributed by atoms with Gasteiger partial charge in [-0.1, -0.05) is 56.3 Å². The summed E-state index contributed by atoms with van der Waals surface area (Å²) in [6, 6.07) is 21.8. The molecular formula is C37H40N6O7. The Kier molecular flexibility index (Phi) is 11.3. The van der Waals surface area contributed by atoms with E-state index in [0.717, 1.165) is 33.2 Å². The number of carbonyl (C=O) groups excluding carboxylic acids is 5. The maximum absolute atomic E-state index is 13.4. The van der Waals surface area contributed by atoms with Crippen molar-refractivity contribution in [3.05, 3.63) is 100 Å². The van der Waals surface area contributed by atoms with Gasteiger partial charge in [0.2, 0.25) is 23.6 Å². The van der Waals surface area contributed by atoms with Crippen LogP contribution in [0, 0.1) is 5.92 Å². The zero-order valence-electron chi connectivity index (χ0n) is 28.1. The minimum Gasteiger partial charge on any atom is -0.453 e. The number of hydrogen-bond acceptors (Lipinski definition) is 7. The Morgan fingerprint density at radius 3 is 2.28 bits per heavy atom. The second kappa shape index (κ2) is 15.9. The van der Waals surface area contributed by atoms with Gasteiger partial charge < -0.3 is 35.9 Å². The smallest absolute Gasteiger partial charge is 0.407 e. The molecule has 2 atom stereocenters. The van der Waals surface area contributed by atoms with Crippen LogP contribution in [0.3, 0.4) is 0 Å². The second-order valence-electron chi connectivity index (χ2n) is 12.5. The molecule has 0 saturated carbocycles. The van der Waals surface area contributed by atoms with E-state index in [4.69, 9.17) is 0 Å². The highest BCUT2D eigenvalue weighted by Gasteiger charge is 2.28. The number of benzene rings is 3. The normalized spacial score (nSPS) is 12.6. The average molecular weight is 681 g/mol. The molecule has 260 valence electrons. The fourth-order valence-corrected chi connectivity index (χ4v) is 5.88. The zero-order valence-corrected chi connectivity index (χ0v) is 28.1. The Balaban J connectivity index is 1.23. The number of hydrogen-bond donors (Lipinski definition) is 5. The summed E-state index contributed by atoms with van der Waals surface area (Å²) >= 11 is 0. The van der Waals surface area contributed by atoms with Crippen LogP contribution in [-0.2, 0) is 36.9 Å². The first-order valence-corrected chi connectivity index (χ1v) is 16.3. The maximum Gasteiger partial charge on any atom is 0.407 e. The van der Waals surface area contributed by atoms with Crippen LogP contribution in [0.4, 0.5) is 10.5 Å². The van der Waals surface area contributed by atoms with Crippen molar-refractivity contribution in [1.29, 1.82) is 0 Å². The summed E-state index contributed by atoms with van der Waals surface area (Å²) in [5.41, 5.74) is 4.14. The predicted molar refractivity (Wildman–Crippen MR) is 188 cm³/mol. The molecule has 1 aliphatic rings. The lowest BCUT2D eigenvalue weighted by Crippen LogP contribution is -2.56. The molecule has 5 rings (SSSR count). The van der Waals surface area contributed by atoms with Crippen LogP contribution < -0.4 is 32.1 Å². The van der Waals surface area contributed by atoms with Crippen molar-refractivity contribution >= 4 is 46.2 Å². The van der Waals surface area contributed by atoms with Gasteiger partial charge in [0.05, 0.1) is 25.9 Å². The number of alkyl carbamates (subject to hydrolysis) is 1. The van der Waals surface area contributed by atoms with Crippen molar-refractivity contribution in [2.45, 2.75) is 45.3 Å². The Labute approximate surface area is 288 Å². The zero-order chi connectivity index (χ0) is 35.8. The predicted octanol–water partition coefficient (Wildman–Crippen LogP) is 2.70. The number of carbonyl (C=O) groups is 5. The molecule has 0 saturated heterocycles. The third-order valence-corrected chi connectivity index (χ3v) is 8.28. The average Bonchev–Trinajstić information content (AvgIpc) is 3.46. The lowest BCUT2D eigenvalue weighted by molar-refractivity contribution is -0.132. The number of nitrogens with one attached hydrogen (secondary N) is 5. The molecule has 4 aromatic rings. The molecule has 0 bridgehead atoms. The molecule has 1 aromatic heterocycles. The number of nitrogens with zero attached hydrogens (tertiary/aromatic N) is 1. The van der Waals surface area contributed by atoms with E-state index >= 15 is 0 Å². The molecule has 2 heterocycles. The van der Waals surface area contributed by atoms with E-state index in [1.54, 1.807) is 16.7 Å². The first kappa shape index (κ1) is 35.3. The third kappa shape index (κ3) is 8.92. The van der Waals surface area contributed by atoms with Crippen LogP contribution in [0.1, 0.15) is 31.4 Å². The summed E-state index contributed by atoms with van der Waals surface area (Å²) in [6.07, 6.45) is -0.377. The van der Waals surface area contributed by atoms with Crippen molar-refractivity contribution in [3.8, 4) is 11.3 Å². The van der Waals surface area contributed by atoms with Gasteiger partial charge in [-0.25, -0.2) is 4.79 Å². The van der Waals surface area contributed by atoms with E-state index in [1.165, 1.54) is 13.2 Å². The first-order chi connectivity index (χ1) is 24.0. The van der Waals surface area contributed by atoms with Crippen LogP contribution in [0.15, 0.2) is 83.7 Å². The topological polar surface area (TPSA) is 177 Å². The number of pyridine rings is 1. The molecule has 0 fully saturated rings. The third-order valence-electron chi connectivity index (χ3n) is 8.28. The highest BCUT2D eigenvalue weighted by atomic mass is 16.5. The molecule has 5 amide bonds. The number of amides is 5. The van der Waals surface area contributed by atoms with Crippen molar-refractivity contribution < 1.29 is 28.7 Å². The molecule has 0 aliphatic carbocycles. The standard InChI is InChI=1S/C37H40N6O7/c1-22(2)14-29(41-33(45)20-39-37(49)50-3)36(48)42-30(15-23-8-5-4-6-9-23)35(47)38-19-32(44)40-27-13-12-24-18-28-26(16-25(24)17-27)21-43-31(28)10-7-11-34(43)46/h4-13,16-18,22,29-30H,14-15,19-21H2,1-3H3,(H,38,47)(H,39,49)(H,40,44)(H,41,45)(H,42,48)/t29-,30?/m0/s1. The van der Waals surface area contributed by atoms with E-state index in [-0.39, 0.29) is 30.9 Å². The molecular weight excluding hydrogens is 640 g/mol. The van der Waals surface area contributed by atoms with Crippen molar-refractivity contribution in [1.82, 2.24) is 25.8 Å². The number of anilines is 1. The highest BCUT2D eigenvalue weighted by Crippen LogP contribution is 2.34.